The molecule has 1 fully saturated rings. The third kappa shape index (κ3) is 4.89. The molecule has 0 unspecified atom stereocenters. The van der Waals surface area contributed by atoms with Crippen LogP contribution in [-0.2, 0) is 9.53 Å². The number of benzene rings is 1. The third-order valence-electron chi connectivity index (χ3n) is 3.02. The summed E-state index contributed by atoms with van der Waals surface area (Å²) < 4.78 is 5.21. The number of hydrogen-bond donors (Lipinski definition) is 3. The first kappa shape index (κ1) is 14.3. The van der Waals surface area contributed by atoms with Crippen LogP contribution in [0.4, 0.5) is 10.5 Å². The minimum Gasteiger partial charge on any atom is -0.381 e. The summed E-state index contributed by atoms with van der Waals surface area (Å²) in [6.07, 6.45) is 1.62. The van der Waals surface area contributed by atoms with E-state index in [2.05, 4.69) is 16.0 Å². The lowest BCUT2D eigenvalue weighted by Gasteiger charge is -2.23. The lowest BCUT2D eigenvalue weighted by atomic mass is 10.1. The van der Waals surface area contributed by atoms with Gasteiger partial charge in [0.1, 0.15) is 0 Å². The van der Waals surface area contributed by atoms with Crippen LogP contribution in [0, 0.1) is 0 Å². The highest BCUT2D eigenvalue weighted by Crippen LogP contribution is 2.06. The number of ether oxygens (including phenoxy) is 1. The van der Waals surface area contributed by atoms with Gasteiger partial charge in [-0.25, -0.2) is 4.79 Å². The predicted octanol–water partition coefficient (Wildman–Crippen LogP) is 1.10. The van der Waals surface area contributed by atoms with Gasteiger partial charge in [0.15, 0.2) is 0 Å². The maximum absolute atomic E-state index is 11.6. The smallest absolute Gasteiger partial charge is 0.315 e. The number of hydrogen-bond acceptors (Lipinski definition) is 3. The van der Waals surface area contributed by atoms with Gasteiger partial charge in [-0.3, -0.25) is 4.79 Å². The highest BCUT2D eigenvalue weighted by molar-refractivity contribution is 5.94. The van der Waals surface area contributed by atoms with Crippen LogP contribution in [0.2, 0.25) is 0 Å². The summed E-state index contributed by atoms with van der Waals surface area (Å²) in [5, 5.41) is 8.07. The maximum atomic E-state index is 11.6. The van der Waals surface area contributed by atoms with E-state index in [9.17, 15) is 9.59 Å². The number of amides is 3. The minimum absolute atomic E-state index is 0.0516. The molecular weight excluding hydrogens is 258 g/mol. The van der Waals surface area contributed by atoms with Gasteiger partial charge in [-0.15, -0.1) is 0 Å². The van der Waals surface area contributed by atoms with Crippen LogP contribution in [-0.4, -0.2) is 37.7 Å². The molecule has 1 aliphatic heterocycles. The SMILES string of the molecule is O=C(CNC(=O)NC1CCOCC1)Nc1ccccc1. The van der Waals surface area contributed by atoms with Crippen molar-refractivity contribution >= 4 is 17.6 Å². The normalized spacial score (nSPS) is 15.4. The van der Waals surface area contributed by atoms with Gasteiger partial charge in [0, 0.05) is 24.9 Å². The number of rotatable bonds is 4. The quantitative estimate of drug-likeness (QED) is 0.771. The molecule has 3 amide bonds. The molecule has 3 N–H and O–H groups in total. The Morgan fingerprint density at radius 1 is 1.15 bits per heavy atom. The van der Waals surface area contributed by atoms with Crippen molar-refractivity contribution in [3.63, 3.8) is 0 Å². The van der Waals surface area contributed by atoms with E-state index < -0.39 is 0 Å². The Morgan fingerprint density at radius 2 is 1.85 bits per heavy atom. The highest BCUT2D eigenvalue weighted by Gasteiger charge is 2.16. The second-order valence-electron chi connectivity index (χ2n) is 4.63. The van der Waals surface area contributed by atoms with Crippen molar-refractivity contribution in [1.29, 1.82) is 0 Å². The molecule has 0 radical (unpaired) electrons. The van der Waals surface area contributed by atoms with Gasteiger partial charge in [-0.2, -0.15) is 0 Å². The standard InChI is InChI=1S/C14H19N3O3/c18-13(16-11-4-2-1-3-5-11)10-15-14(19)17-12-6-8-20-9-7-12/h1-5,12H,6-10H2,(H,16,18)(H2,15,17,19). The number of carbonyl (C=O) groups excluding carboxylic acids is 2. The largest absolute Gasteiger partial charge is 0.381 e. The molecule has 1 aliphatic rings. The van der Waals surface area contributed by atoms with Gasteiger partial charge in [0.2, 0.25) is 5.91 Å². The van der Waals surface area contributed by atoms with E-state index in [1.807, 2.05) is 18.2 Å². The zero-order valence-electron chi connectivity index (χ0n) is 11.2. The minimum atomic E-state index is -0.319. The first-order chi connectivity index (χ1) is 9.74. The van der Waals surface area contributed by atoms with Crippen molar-refractivity contribution in [2.45, 2.75) is 18.9 Å². The van der Waals surface area contributed by atoms with E-state index in [-0.39, 0.29) is 24.5 Å². The van der Waals surface area contributed by atoms with E-state index >= 15 is 0 Å². The van der Waals surface area contributed by atoms with Crippen LogP contribution in [0.5, 0.6) is 0 Å². The molecule has 6 heteroatoms. The number of urea groups is 1. The average Bonchev–Trinajstić information content (AvgIpc) is 2.47. The summed E-state index contributed by atoms with van der Waals surface area (Å²) in [5.41, 5.74) is 0.712. The van der Waals surface area contributed by atoms with Gasteiger partial charge in [-0.1, -0.05) is 18.2 Å². The fraction of sp³-hybridized carbons (Fsp3) is 0.429. The molecule has 0 atom stereocenters. The lowest BCUT2D eigenvalue weighted by Crippen LogP contribution is -2.46. The van der Waals surface area contributed by atoms with Crippen LogP contribution < -0.4 is 16.0 Å². The van der Waals surface area contributed by atoms with Crippen molar-refractivity contribution in [3.05, 3.63) is 30.3 Å². The van der Waals surface area contributed by atoms with Gasteiger partial charge in [0.25, 0.3) is 0 Å². The maximum Gasteiger partial charge on any atom is 0.315 e. The Morgan fingerprint density at radius 3 is 2.55 bits per heavy atom. The molecule has 6 nitrogen and oxygen atoms in total. The Kier molecular flexibility index (Phi) is 5.37. The van der Waals surface area contributed by atoms with Gasteiger partial charge in [0.05, 0.1) is 6.54 Å². The number of carbonyl (C=O) groups is 2. The molecule has 0 spiro atoms. The van der Waals surface area contributed by atoms with Crippen LogP contribution in [0.15, 0.2) is 30.3 Å². The molecule has 1 heterocycles. The molecular formula is C14H19N3O3. The fourth-order valence-electron chi connectivity index (χ4n) is 1.97. The molecule has 0 bridgehead atoms. The van der Waals surface area contributed by atoms with E-state index in [0.29, 0.717) is 18.9 Å². The van der Waals surface area contributed by atoms with E-state index in [4.69, 9.17) is 4.74 Å². The molecule has 0 aromatic heterocycles. The summed E-state index contributed by atoms with van der Waals surface area (Å²) in [6.45, 7) is 1.28. The number of para-hydroxylation sites is 1. The van der Waals surface area contributed by atoms with Crippen LogP contribution in [0.25, 0.3) is 0 Å². The van der Waals surface area contributed by atoms with Gasteiger partial charge in [-0.05, 0) is 25.0 Å². The Labute approximate surface area is 117 Å². The summed E-state index contributed by atoms with van der Waals surface area (Å²) in [6, 6.07) is 8.93. The van der Waals surface area contributed by atoms with Crippen molar-refractivity contribution in [1.82, 2.24) is 10.6 Å². The van der Waals surface area contributed by atoms with Gasteiger partial charge < -0.3 is 20.7 Å². The second-order valence-corrected chi connectivity index (χ2v) is 4.63. The Balaban J connectivity index is 1.66. The topological polar surface area (TPSA) is 79.5 Å². The van der Waals surface area contributed by atoms with E-state index in [0.717, 1.165) is 12.8 Å². The Bertz CT molecular complexity index is 444. The molecule has 1 aromatic carbocycles. The van der Waals surface area contributed by atoms with Crippen LogP contribution in [0.3, 0.4) is 0 Å². The van der Waals surface area contributed by atoms with Crippen LogP contribution in [0.1, 0.15) is 12.8 Å². The third-order valence-corrected chi connectivity index (χ3v) is 3.02. The molecule has 0 aliphatic carbocycles. The summed E-state index contributed by atoms with van der Waals surface area (Å²) in [4.78, 5) is 23.3. The monoisotopic (exact) mass is 277 g/mol. The second kappa shape index (κ2) is 7.49. The molecule has 1 saturated heterocycles. The van der Waals surface area contributed by atoms with Gasteiger partial charge >= 0.3 is 6.03 Å². The average molecular weight is 277 g/mol. The van der Waals surface area contributed by atoms with Crippen LogP contribution >= 0.6 is 0 Å². The van der Waals surface area contributed by atoms with Crippen molar-refractivity contribution in [3.8, 4) is 0 Å². The van der Waals surface area contributed by atoms with Crippen molar-refractivity contribution < 1.29 is 14.3 Å². The molecule has 108 valence electrons. The predicted molar refractivity (Wildman–Crippen MR) is 75.4 cm³/mol. The van der Waals surface area contributed by atoms with E-state index in [1.54, 1.807) is 12.1 Å². The number of anilines is 1. The van der Waals surface area contributed by atoms with Crippen molar-refractivity contribution in [2.75, 3.05) is 25.1 Å². The zero-order chi connectivity index (χ0) is 14.2. The lowest BCUT2D eigenvalue weighted by molar-refractivity contribution is -0.115. The van der Waals surface area contributed by atoms with E-state index in [1.165, 1.54) is 0 Å². The fourth-order valence-corrected chi connectivity index (χ4v) is 1.97. The molecule has 1 aromatic rings. The first-order valence-electron chi connectivity index (χ1n) is 6.71. The Hall–Kier alpha value is -2.08. The first-order valence-corrected chi connectivity index (χ1v) is 6.71. The summed E-state index contributed by atoms with van der Waals surface area (Å²) >= 11 is 0. The molecule has 0 saturated carbocycles. The summed E-state index contributed by atoms with van der Waals surface area (Å²) in [7, 11) is 0. The molecule has 20 heavy (non-hydrogen) atoms. The summed E-state index contributed by atoms with van der Waals surface area (Å²) in [5.74, 6) is -0.252. The highest BCUT2D eigenvalue weighted by atomic mass is 16.5. The van der Waals surface area contributed by atoms with Crippen molar-refractivity contribution in [2.24, 2.45) is 0 Å². The number of nitrogens with one attached hydrogen (secondary N) is 3. The zero-order valence-corrected chi connectivity index (χ0v) is 11.2. The molecule has 2 rings (SSSR count).